The third-order valence-corrected chi connectivity index (χ3v) is 5.28. The second kappa shape index (κ2) is 6.63. The van der Waals surface area contributed by atoms with E-state index >= 15 is 0 Å². The smallest absolute Gasteiger partial charge is 0.307 e. The highest BCUT2D eigenvalue weighted by atomic mass is 16.4. The van der Waals surface area contributed by atoms with E-state index in [2.05, 4.69) is 10.6 Å². The number of benzene rings is 1. The molecule has 0 saturated heterocycles. The lowest BCUT2D eigenvalue weighted by Gasteiger charge is -2.45. The summed E-state index contributed by atoms with van der Waals surface area (Å²) in [5, 5.41) is 15.1. The van der Waals surface area contributed by atoms with Gasteiger partial charge in [-0.05, 0) is 61.8 Å². The van der Waals surface area contributed by atoms with Crippen molar-refractivity contribution < 1.29 is 19.5 Å². The molecule has 3 aliphatic carbocycles. The molecule has 0 heterocycles. The Labute approximate surface area is 140 Å². The molecule has 1 aromatic rings. The van der Waals surface area contributed by atoms with Crippen LogP contribution in [0.5, 0.6) is 0 Å². The number of hydrogen-bond acceptors (Lipinski definition) is 3. The monoisotopic (exact) mass is 330 g/mol. The van der Waals surface area contributed by atoms with E-state index < -0.39 is 17.8 Å². The van der Waals surface area contributed by atoms with Crippen LogP contribution in [0.25, 0.3) is 0 Å². The van der Waals surface area contributed by atoms with Crippen LogP contribution in [0.1, 0.15) is 32.6 Å². The van der Waals surface area contributed by atoms with Gasteiger partial charge in [0.1, 0.15) is 0 Å². The van der Waals surface area contributed by atoms with Crippen molar-refractivity contribution in [1.29, 1.82) is 0 Å². The Balaban J connectivity index is 1.71. The van der Waals surface area contributed by atoms with Gasteiger partial charge >= 0.3 is 5.97 Å². The van der Waals surface area contributed by atoms with Gasteiger partial charge < -0.3 is 15.7 Å². The Hall–Kier alpha value is -2.37. The third-order valence-electron chi connectivity index (χ3n) is 5.28. The maximum Gasteiger partial charge on any atom is 0.307 e. The SMILES string of the molecule is CC(=O)Nc1ccc(NC(=O)C2C3CCC(CC3)C2C(=O)O)cc1. The molecule has 1 aromatic carbocycles. The summed E-state index contributed by atoms with van der Waals surface area (Å²) in [6, 6.07) is 6.83. The van der Waals surface area contributed by atoms with Crippen molar-refractivity contribution in [2.75, 3.05) is 10.6 Å². The summed E-state index contributed by atoms with van der Waals surface area (Å²) < 4.78 is 0. The van der Waals surface area contributed by atoms with Crippen LogP contribution in [0, 0.1) is 23.7 Å². The largest absolute Gasteiger partial charge is 0.481 e. The first-order valence-electron chi connectivity index (χ1n) is 8.37. The Morgan fingerprint density at radius 2 is 1.33 bits per heavy atom. The zero-order valence-electron chi connectivity index (χ0n) is 13.6. The summed E-state index contributed by atoms with van der Waals surface area (Å²) in [6.45, 7) is 1.43. The Kier molecular flexibility index (Phi) is 4.55. The van der Waals surface area contributed by atoms with E-state index in [0.29, 0.717) is 11.4 Å². The molecular formula is C18H22N2O4. The van der Waals surface area contributed by atoms with Crippen LogP contribution in [0.2, 0.25) is 0 Å². The number of aliphatic carboxylic acids is 1. The first-order valence-corrected chi connectivity index (χ1v) is 8.37. The Morgan fingerprint density at radius 1 is 0.875 bits per heavy atom. The number of carbonyl (C=O) groups is 3. The second-order valence-electron chi connectivity index (χ2n) is 6.81. The molecule has 3 fully saturated rings. The van der Waals surface area contributed by atoms with Gasteiger partial charge in [0, 0.05) is 18.3 Å². The first kappa shape index (κ1) is 16.5. The van der Waals surface area contributed by atoms with Crippen molar-refractivity contribution in [1.82, 2.24) is 0 Å². The van der Waals surface area contributed by atoms with E-state index in [4.69, 9.17) is 0 Å². The average molecular weight is 330 g/mol. The standard InChI is InChI=1S/C18H22N2O4/c1-10(21)19-13-6-8-14(9-7-13)20-17(22)15-11-2-4-12(5-3-11)16(15)18(23)24/h6-9,11-12,15-16H,2-5H2,1H3,(H,19,21)(H,20,22)(H,23,24). The van der Waals surface area contributed by atoms with Gasteiger partial charge in [-0.25, -0.2) is 0 Å². The lowest BCUT2D eigenvalue weighted by molar-refractivity contribution is -0.156. The molecule has 4 rings (SSSR count). The number of nitrogens with one attached hydrogen (secondary N) is 2. The molecule has 2 bridgehead atoms. The number of anilines is 2. The van der Waals surface area contributed by atoms with E-state index in [0.717, 1.165) is 25.7 Å². The van der Waals surface area contributed by atoms with E-state index in [9.17, 15) is 19.5 Å². The minimum Gasteiger partial charge on any atom is -0.481 e. The topological polar surface area (TPSA) is 95.5 Å². The van der Waals surface area contributed by atoms with Crippen molar-refractivity contribution in [2.45, 2.75) is 32.6 Å². The number of rotatable bonds is 4. The predicted octanol–water partition coefficient (Wildman–Crippen LogP) is 2.72. The number of fused-ring (bicyclic) bond motifs is 3. The molecule has 0 aromatic heterocycles. The lowest BCUT2D eigenvalue weighted by Crippen LogP contribution is -2.49. The lowest BCUT2D eigenvalue weighted by atomic mass is 9.58. The molecular weight excluding hydrogens is 308 g/mol. The fourth-order valence-electron chi connectivity index (χ4n) is 4.25. The number of carboxylic acids is 1. The molecule has 3 N–H and O–H groups in total. The number of hydrogen-bond donors (Lipinski definition) is 3. The summed E-state index contributed by atoms with van der Waals surface area (Å²) in [6.07, 6.45) is 3.70. The fraction of sp³-hybridized carbons (Fsp3) is 0.500. The van der Waals surface area contributed by atoms with E-state index in [-0.39, 0.29) is 23.7 Å². The second-order valence-corrected chi connectivity index (χ2v) is 6.81. The molecule has 3 aliphatic rings. The van der Waals surface area contributed by atoms with Crippen molar-refractivity contribution in [3.63, 3.8) is 0 Å². The molecule has 0 spiro atoms. The van der Waals surface area contributed by atoms with Crippen LogP contribution < -0.4 is 10.6 Å². The van der Waals surface area contributed by atoms with Crippen LogP contribution in [-0.2, 0) is 14.4 Å². The van der Waals surface area contributed by atoms with Gasteiger partial charge in [0.25, 0.3) is 0 Å². The molecule has 0 radical (unpaired) electrons. The van der Waals surface area contributed by atoms with Crippen molar-refractivity contribution in [2.24, 2.45) is 23.7 Å². The van der Waals surface area contributed by atoms with Crippen molar-refractivity contribution in [3.05, 3.63) is 24.3 Å². The number of carbonyl (C=O) groups excluding carboxylic acids is 2. The minimum atomic E-state index is -0.856. The fourth-order valence-corrected chi connectivity index (χ4v) is 4.25. The van der Waals surface area contributed by atoms with Gasteiger partial charge in [-0.2, -0.15) is 0 Å². The van der Waals surface area contributed by atoms with Gasteiger partial charge in [-0.15, -0.1) is 0 Å². The highest BCUT2D eigenvalue weighted by Gasteiger charge is 2.50. The quantitative estimate of drug-likeness (QED) is 0.791. The average Bonchev–Trinajstić information content (AvgIpc) is 2.56. The summed E-state index contributed by atoms with van der Waals surface area (Å²) in [4.78, 5) is 35.3. The van der Waals surface area contributed by atoms with Gasteiger partial charge in [0.05, 0.1) is 11.8 Å². The van der Waals surface area contributed by atoms with Crippen LogP contribution in [-0.4, -0.2) is 22.9 Å². The maximum absolute atomic E-state index is 12.7. The maximum atomic E-state index is 12.7. The normalized spacial score (nSPS) is 28.2. The van der Waals surface area contributed by atoms with Crippen molar-refractivity contribution >= 4 is 29.2 Å². The molecule has 3 saturated carbocycles. The summed E-state index contributed by atoms with van der Waals surface area (Å²) >= 11 is 0. The highest BCUT2D eigenvalue weighted by Crippen LogP contribution is 2.49. The Bertz CT molecular complexity index is 647. The first-order chi connectivity index (χ1) is 11.5. The highest BCUT2D eigenvalue weighted by molar-refractivity contribution is 5.96. The minimum absolute atomic E-state index is 0.116. The van der Waals surface area contributed by atoms with E-state index in [1.165, 1.54) is 6.92 Å². The Morgan fingerprint density at radius 3 is 1.79 bits per heavy atom. The molecule has 0 aliphatic heterocycles. The van der Waals surface area contributed by atoms with Crippen LogP contribution in [0.15, 0.2) is 24.3 Å². The van der Waals surface area contributed by atoms with Gasteiger partial charge in [0.15, 0.2) is 0 Å². The van der Waals surface area contributed by atoms with Crippen molar-refractivity contribution in [3.8, 4) is 0 Å². The van der Waals surface area contributed by atoms with E-state index in [1.54, 1.807) is 24.3 Å². The summed E-state index contributed by atoms with van der Waals surface area (Å²) in [7, 11) is 0. The van der Waals surface area contributed by atoms with Crippen LogP contribution in [0.3, 0.4) is 0 Å². The predicted molar refractivity (Wildman–Crippen MR) is 89.4 cm³/mol. The number of carboxylic acid groups (broad SMARTS) is 1. The van der Waals surface area contributed by atoms with Gasteiger partial charge in [0.2, 0.25) is 11.8 Å². The van der Waals surface area contributed by atoms with E-state index in [1.807, 2.05) is 0 Å². The molecule has 6 nitrogen and oxygen atoms in total. The molecule has 2 amide bonds. The molecule has 6 heteroatoms. The molecule has 24 heavy (non-hydrogen) atoms. The summed E-state index contributed by atoms with van der Waals surface area (Å²) in [5.74, 6) is -1.97. The zero-order chi connectivity index (χ0) is 17.3. The molecule has 2 unspecified atom stereocenters. The summed E-state index contributed by atoms with van der Waals surface area (Å²) in [5.41, 5.74) is 1.26. The van der Waals surface area contributed by atoms with Gasteiger partial charge in [-0.1, -0.05) is 0 Å². The molecule has 128 valence electrons. The third kappa shape index (κ3) is 3.27. The number of amides is 2. The zero-order valence-corrected chi connectivity index (χ0v) is 13.6. The van der Waals surface area contributed by atoms with Gasteiger partial charge in [-0.3, -0.25) is 14.4 Å². The molecule has 2 atom stereocenters. The van der Waals surface area contributed by atoms with Crippen LogP contribution in [0.4, 0.5) is 11.4 Å². The van der Waals surface area contributed by atoms with Crippen LogP contribution >= 0.6 is 0 Å².